The van der Waals surface area contributed by atoms with Crippen LogP contribution in [0, 0.1) is 177 Å². The lowest BCUT2D eigenvalue weighted by molar-refractivity contribution is -0.0819. The summed E-state index contributed by atoms with van der Waals surface area (Å²) in [6, 6.07) is 0. The maximum Gasteiger partial charge on any atom is 0.0300 e. The zero-order valence-electron chi connectivity index (χ0n) is 70.7. The summed E-state index contributed by atoms with van der Waals surface area (Å²) in [5.41, 5.74) is 0. The summed E-state index contributed by atoms with van der Waals surface area (Å²) in [5, 5.41) is 0. The monoisotopic (exact) mass is 1160 g/mol. The summed E-state index contributed by atoms with van der Waals surface area (Å²) < 4.78 is 100. The van der Waals surface area contributed by atoms with Crippen molar-refractivity contribution < 1.29 is 17.8 Å². The van der Waals surface area contributed by atoms with Crippen LogP contribution in [0.3, 0.4) is 0 Å². The molecular weight excluding hydrogens is 997 g/mol. The summed E-state index contributed by atoms with van der Waals surface area (Å²) in [4.78, 5) is 0. The number of hydrogen-bond donors (Lipinski definition) is 0. The van der Waals surface area contributed by atoms with Crippen molar-refractivity contribution in [3.8, 4) is 0 Å². The first kappa shape index (κ1) is 51.6. The minimum atomic E-state index is -0.930. The maximum absolute atomic E-state index is 8.31. The van der Waals surface area contributed by atoms with Gasteiger partial charge in [0, 0.05) is 17.8 Å². The van der Waals surface area contributed by atoms with Crippen molar-refractivity contribution in [2.24, 2.45) is 177 Å². The van der Waals surface area contributed by atoms with Crippen LogP contribution in [0.15, 0.2) is 0 Å². The summed E-state index contributed by atoms with van der Waals surface area (Å²) in [6.45, 7) is 27.8. The Labute approximate surface area is 540 Å². The van der Waals surface area contributed by atoms with E-state index in [4.69, 9.17) is 17.8 Å². The Bertz CT molecular complexity index is 2240. The molecule has 0 saturated heterocycles. The molecule has 0 spiro atoms. The molecule has 22 aliphatic carbocycles. The molecule has 83 heavy (non-hydrogen) atoms. The molecule has 0 aliphatic heterocycles. The second-order valence-electron chi connectivity index (χ2n) is 34.2. The normalized spacial score (nSPS) is 47.7. The molecule has 7 atom stereocenters. The van der Waals surface area contributed by atoms with Gasteiger partial charge in [-0.25, -0.2) is 0 Å². The fourth-order valence-corrected chi connectivity index (χ4v) is 23.5. The Morgan fingerprint density at radius 2 is 0.627 bits per heavy atom. The standard InChI is InChI=1S/C13H22.C11H20.2C10H18.C9H16.C8H14.C8H16.C7H12.C7H14/c1-8(2)13-11-4-9-3-10(6-11)7-12(13)5-9;1-8(2)11-7-9-3-5-10(11)6-4-9;1-7(2)10-6-8-3-4-9(10)5-8;1-7(2)10-8-3-4-9(10)6-5-8;1-6(2)9-7-3-4-8(9)5-7;1-2-7-3-6-4-8(7)5-6;1-2-8-6-4-3-5-7-8;1-2-7-5-3-6(7)4-5;1-2-7-5-3-4-6-7/h8-13H,3-7H2,1-2H3;8-11H,3-7H2,1-2H3;2*7-10H,3-6H2,1-2H3;6-9H,3-5H2,1-2H3;6-8H,2-5H2,1H3;8H,2-7H2,1H3;5-7H,2-4H2,1H3;7H,2-6H2,1H3/i2*8D;2*7D;6D;4*2D2. The van der Waals surface area contributed by atoms with Crippen molar-refractivity contribution in [3.63, 3.8) is 0 Å². The summed E-state index contributed by atoms with van der Waals surface area (Å²) in [6.07, 6.45) is 43.5. The molecule has 482 valence electrons. The van der Waals surface area contributed by atoms with E-state index in [1.54, 1.807) is 27.7 Å². The van der Waals surface area contributed by atoms with E-state index < -0.39 is 25.5 Å². The molecule has 16 bridgehead atoms. The molecule has 0 heteroatoms. The molecular formula is C83H150. The zero-order chi connectivity index (χ0) is 70.7. The Balaban J connectivity index is 0.000000127. The predicted molar refractivity (Wildman–Crippen MR) is 364 cm³/mol. The third-order valence-electron chi connectivity index (χ3n) is 28.0. The molecule has 22 aliphatic rings. The largest absolute Gasteiger partial charge is 0.0651 e. The van der Waals surface area contributed by atoms with Gasteiger partial charge in [0.05, 0.1) is 0 Å². The Hall–Kier alpha value is 0. The third kappa shape index (κ3) is 17.5. The smallest absolute Gasteiger partial charge is 0.0300 e. The summed E-state index contributed by atoms with van der Waals surface area (Å²) >= 11 is 0. The SMILES string of the molecule is [2H]C(C)(C)C1C2CC3CC(C2)CC1C3.[2H]C(C)(C)C1C2CCC1C2.[2H]C(C)(C)C1C2CCC1CC2.[2H]C(C)(C)C1CC2CCC1C2.[2H]C(C)(C)C1CC2CCC1CC2.[2H]C([2H])(C)C1C2CC1C2.[2H]C([2H])(C)C1CC2CC1C2.[2H]C([2H])(C)C1CCCC1.[2H]C([2H])(C)C1CCCCC1. The highest BCUT2D eigenvalue weighted by Crippen LogP contribution is 2.61. The van der Waals surface area contributed by atoms with Crippen LogP contribution in [0.25, 0.3) is 0 Å². The second kappa shape index (κ2) is 32.3. The maximum atomic E-state index is 8.31. The van der Waals surface area contributed by atoms with E-state index in [1.807, 2.05) is 0 Å². The van der Waals surface area contributed by atoms with E-state index in [0.717, 1.165) is 145 Å². The van der Waals surface area contributed by atoms with Crippen molar-refractivity contribution in [3.05, 3.63) is 0 Å². The Morgan fingerprint density at radius 3 is 0.880 bits per heavy atom. The molecule has 0 heterocycles. The van der Waals surface area contributed by atoms with Crippen molar-refractivity contribution >= 4 is 0 Å². The lowest BCUT2D eigenvalue weighted by atomic mass is 9.47. The van der Waals surface area contributed by atoms with Gasteiger partial charge in [0.1, 0.15) is 0 Å². The van der Waals surface area contributed by atoms with Crippen molar-refractivity contribution in [1.29, 1.82) is 0 Å². The zero-order valence-corrected chi connectivity index (χ0v) is 57.7. The summed E-state index contributed by atoms with van der Waals surface area (Å²) in [5.74, 6) is 18.8. The van der Waals surface area contributed by atoms with E-state index in [1.165, 1.54) is 193 Å². The first-order valence-corrected chi connectivity index (χ1v) is 37.7. The summed E-state index contributed by atoms with van der Waals surface area (Å²) in [7, 11) is 0. The quantitative estimate of drug-likeness (QED) is 0.216. The van der Waals surface area contributed by atoms with Crippen LogP contribution in [0.1, 0.15) is 365 Å². The molecule has 0 N–H and O–H groups in total. The molecule has 0 amide bonds. The lowest BCUT2D eigenvalue weighted by Crippen LogP contribution is -2.49. The molecule has 22 saturated carbocycles. The highest BCUT2D eigenvalue weighted by atomic mass is 14.6. The molecule has 7 unspecified atom stereocenters. The van der Waals surface area contributed by atoms with E-state index in [-0.39, 0.29) is 29.5 Å². The van der Waals surface area contributed by atoms with Gasteiger partial charge in [-0.3, -0.25) is 0 Å². The van der Waals surface area contributed by atoms with Crippen molar-refractivity contribution in [1.82, 2.24) is 0 Å². The third-order valence-corrected chi connectivity index (χ3v) is 28.0. The van der Waals surface area contributed by atoms with Gasteiger partial charge >= 0.3 is 0 Å². The topological polar surface area (TPSA) is 0 Å². The second-order valence-corrected chi connectivity index (χ2v) is 34.2. The molecule has 0 aromatic carbocycles. The molecule has 0 aromatic rings. The number of fused-ring (bicyclic) bond motifs is 9. The van der Waals surface area contributed by atoms with Gasteiger partial charge in [0.15, 0.2) is 0 Å². The van der Waals surface area contributed by atoms with Crippen LogP contribution in [0.2, 0.25) is 0 Å². The Kier molecular flexibility index (Phi) is 20.1. The van der Waals surface area contributed by atoms with Gasteiger partial charge in [0.2, 0.25) is 0 Å². The van der Waals surface area contributed by atoms with Gasteiger partial charge in [-0.15, -0.1) is 0 Å². The number of hydrogen-bond acceptors (Lipinski definition) is 0. The molecule has 22 fully saturated rings. The highest BCUT2D eigenvalue weighted by Gasteiger charge is 2.52. The van der Waals surface area contributed by atoms with E-state index in [9.17, 15) is 0 Å². The average molecular weight is 1160 g/mol. The fraction of sp³-hybridized carbons (Fsp3) is 1.00. The Morgan fingerprint density at radius 1 is 0.265 bits per heavy atom. The lowest BCUT2D eigenvalue weighted by Gasteiger charge is -2.58. The van der Waals surface area contributed by atoms with Crippen LogP contribution in [0.4, 0.5) is 0 Å². The van der Waals surface area contributed by atoms with E-state index >= 15 is 0 Å². The fourth-order valence-electron chi connectivity index (χ4n) is 23.5. The minimum Gasteiger partial charge on any atom is -0.0651 e. The molecule has 0 aromatic heterocycles. The van der Waals surface area contributed by atoms with Crippen LogP contribution in [-0.2, 0) is 0 Å². The molecule has 22 rings (SSSR count). The van der Waals surface area contributed by atoms with Gasteiger partial charge < -0.3 is 0 Å². The number of rotatable bonds is 9. The first-order valence-electron chi connectivity index (χ1n) is 44.2. The predicted octanol–water partition coefficient (Wildman–Crippen LogP) is 26.1. The average Bonchev–Trinajstić information content (AvgIpc) is 1.14. The van der Waals surface area contributed by atoms with Crippen molar-refractivity contribution in [2.75, 3.05) is 0 Å². The van der Waals surface area contributed by atoms with Crippen LogP contribution in [0.5, 0.6) is 0 Å². The van der Waals surface area contributed by atoms with E-state index in [2.05, 4.69) is 69.2 Å². The minimum absolute atomic E-state index is 0.149. The van der Waals surface area contributed by atoms with Crippen LogP contribution < -0.4 is 0 Å². The van der Waals surface area contributed by atoms with Crippen LogP contribution >= 0.6 is 0 Å². The van der Waals surface area contributed by atoms with Gasteiger partial charge in [0.25, 0.3) is 0 Å². The van der Waals surface area contributed by atoms with Gasteiger partial charge in [-0.05, 0) is 325 Å². The van der Waals surface area contributed by atoms with Crippen molar-refractivity contribution in [2.45, 2.75) is 347 Å². The van der Waals surface area contributed by atoms with Gasteiger partial charge in [-0.1, -0.05) is 199 Å². The first-order chi connectivity index (χ1) is 44.2. The van der Waals surface area contributed by atoms with E-state index in [0.29, 0.717) is 35.5 Å². The molecule has 0 radical (unpaired) electrons. The van der Waals surface area contributed by atoms with Crippen LogP contribution in [-0.4, -0.2) is 0 Å². The molecule has 0 nitrogen and oxygen atoms in total. The highest BCUT2D eigenvalue weighted by molar-refractivity contribution is 5.02. The van der Waals surface area contributed by atoms with Gasteiger partial charge in [-0.2, -0.15) is 0 Å².